The molecule has 1 fully saturated rings. The molecule has 1 saturated carbocycles. The van der Waals surface area contributed by atoms with Crippen LogP contribution in [0.3, 0.4) is 0 Å². The van der Waals surface area contributed by atoms with Crippen molar-refractivity contribution < 1.29 is 9.90 Å². The van der Waals surface area contributed by atoms with Gasteiger partial charge >= 0.3 is 5.97 Å². The van der Waals surface area contributed by atoms with Gasteiger partial charge in [-0.25, -0.2) is 4.68 Å². The van der Waals surface area contributed by atoms with Gasteiger partial charge < -0.3 is 5.11 Å². The van der Waals surface area contributed by atoms with Gasteiger partial charge in [-0.2, -0.15) is 0 Å². The van der Waals surface area contributed by atoms with Crippen molar-refractivity contribution in [3.8, 4) is 0 Å². The van der Waals surface area contributed by atoms with Crippen LogP contribution in [-0.2, 0) is 11.3 Å². The van der Waals surface area contributed by atoms with E-state index in [9.17, 15) is 9.90 Å². The Labute approximate surface area is 114 Å². The standard InChI is InChI=1S/C14H23N3O2/c1-4-7-17-12(9-15-16-17)11-8-14(2,3)6-5-10(11)13(18)19/h9-11H,4-8H2,1-3H3,(H,18,19). The van der Waals surface area contributed by atoms with Crippen LogP contribution in [0, 0.1) is 11.3 Å². The summed E-state index contributed by atoms with van der Waals surface area (Å²) in [6, 6.07) is 0. The third-order valence-electron chi connectivity index (χ3n) is 4.17. The van der Waals surface area contributed by atoms with Crippen molar-refractivity contribution in [2.45, 2.75) is 58.9 Å². The highest BCUT2D eigenvalue weighted by molar-refractivity contribution is 5.71. The third kappa shape index (κ3) is 2.96. The average Bonchev–Trinajstić information content (AvgIpc) is 2.76. The number of hydrogen-bond donors (Lipinski definition) is 1. The van der Waals surface area contributed by atoms with Gasteiger partial charge in [0.05, 0.1) is 17.8 Å². The van der Waals surface area contributed by atoms with Gasteiger partial charge in [0.2, 0.25) is 0 Å². The lowest BCUT2D eigenvalue weighted by atomic mass is 9.66. The Morgan fingerprint density at radius 3 is 2.95 bits per heavy atom. The topological polar surface area (TPSA) is 68.0 Å². The molecule has 1 aromatic rings. The molecule has 5 nitrogen and oxygen atoms in total. The fourth-order valence-electron chi connectivity index (χ4n) is 3.13. The summed E-state index contributed by atoms with van der Waals surface area (Å²) in [4.78, 5) is 11.5. The second kappa shape index (κ2) is 5.31. The van der Waals surface area contributed by atoms with E-state index in [0.717, 1.165) is 37.9 Å². The summed E-state index contributed by atoms with van der Waals surface area (Å²) >= 11 is 0. The quantitative estimate of drug-likeness (QED) is 0.908. The van der Waals surface area contributed by atoms with Crippen molar-refractivity contribution in [1.82, 2.24) is 15.0 Å². The van der Waals surface area contributed by atoms with Crippen LogP contribution in [0.15, 0.2) is 6.20 Å². The molecule has 0 bridgehead atoms. The summed E-state index contributed by atoms with van der Waals surface area (Å²) in [7, 11) is 0. The average molecular weight is 265 g/mol. The molecule has 1 heterocycles. The Bertz CT molecular complexity index is 453. The molecular weight excluding hydrogens is 242 g/mol. The van der Waals surface area contributed by atoms with E-state index < -0.39 is 5.97 Å². The molecule has 5 heteroatoms. The van der Waals surface area contributed by atoms with E-state index >= 15 is 0 Å². The second-order valence-corrected chi connectivity index (χ2v) is 6.34. The number of nitrogens with zero attached hydrogens (tertiary/aromatic N) is 3. The number of aliphatic carboxylic acids is 1. The molecule has 106 valence electrons. The molecule has 0 aromatic carbocycles. The number of aryl methyl sites for hydroxylation is 1. The molecule has 0 aliphatic heterocycles. The zero-order valence-electron chi connectivity index (χ0n) is 12.0. The van der Waals surface area contributed by atoms with E-state index in [1.165, 1.54) is 0 Å². The number of hydrogen-bond acceptors (Lipinski definition) is 3. The van der Waals surface area contributed by atoms with E-state index in [1.54, 1.807) is 6.20 Å². The maximum Gasteiger partial charge on any atom is 0.307 e. The van der Waals surface area contributed by atoms with E-state index in [1.807, 2.05) is 4.68 Å². The maximum atomic E-state index is 11.5. The monoisotopic (exact) mass is 265 g/mol. The highest BCUT2D eigenvalue weighted by Crippen LogP contribution is 2.46. The van der Waals surface area contributed by atoms with Gasteiger partial charge in [0.25, 0.3) is 0 Å². The first-order chi connectivity index (χ1) is 8.94. The molecule has 0 saturated heterocycles. The first-order valence-corrected chi connectivity index (χ1v) is 7.06. The highest BCUT2D eigenvalue weighted by Gasteiger charge is 2.40. The Balaban J connectivity index is 2.31. The van der Waals surface area contributed by atoms with Crippen molar-refractivity contribution in [1.29, 1.82) is 0 Å². The van der Waals surface area contributed by atoms with Crippen LogP contribution in [0.2, 0.25) is 0 Å². The lowest BCUT2D eigenvalue weighted by molar-refractivity contribution is -0.144. The SMILES string of the molecule is CCCn1nncc1C1CC(C)(C)CCC1C(=O)O. The minimum Gasteiger partial charge on any atom is -0.481 e. The molecular formula is C14H23N3O2. The zero-order valence-corrected chi connectivity index (χ0v) is 12.0. The van der Waals surface area contributed by atoms with Crippen LogP contribution in [-0.4, -0.2) is 26.1 Å². The molecule has 1 aliphatic rings. The molecule has 1 aromatic heterocycles. The van der Waals surface area contributed by atoms with Crippen molar-refractivity contribution >= 4 is 5.97 Å². The normalized spacial score (nSPS) is 26.3. The molecule has 0 spiro atoms. The molecule has 0 amide bonds. The van der Waals surface area contributed by atoms with Gasteiger partial charge in [-0.3, -0.25) is 4.79 Å². The van der Waals surface area contributed by atoms with Gasteiger partial charge in [-0.15, -0.1) is 5.10 Å². The number of rotatable bonds is 4. The lowest BCUT2D eigenvalue weighted by Crippen LogP contribution is -2.34. The van der Waals surface area contributed by atoms with Crippen molar-refractivity contribution in [2.75, 3.05) is 0 Å². The van der Waals surface area contributed by atoms with Crippen LogP contribution < -0.4 is 0 Å². The number of carbonyl (C=O) groups is 1. The number of aromatic nitrogens is 3. The Kier molecular flexibility index (Phi) is 3.92. The Morgan fingerprint density at radius 2 is 2.32 bits per heavy atom. The first kappa shape index (κ1) is 14.0. The molecule has 1 N–H and O–H groups in total. The van der Waals surface area contributed by atoms with Gasteiger partial charge in [0.1, 0.15) is 0 Å². The van der Waals surface area contributed by atoms with Crippen molar-refractivity contribution in [2.24, 2.45) is 11.3 Å². The summed E-state index contributed by atoms with van der Waals surface area (Å²) in [5.41, 5.74) is 1.18. The van der Waals surface area contributed by atoms with Crippen LogP contribution in [0.5, 0.6) is 0 Å². The fraction of sp³-hybridized carbons (Fsp3) is 0.786. The predicted molar refractivity (Wildman–Crippen MR) is 71.8 cm³/mol. The first-order valence-electron chi connectivity index (χ1n) is 7.06. The van der Waals surface area contributed by atoms with Crippen molar-refractivity contribution in [3.63, 3.8) is 0 Å². The fourth-order valence-corrected chi connectivity index (χ4v) is 3.13. The maximum absolute atomic E-state index is 11.5. The molecule has 2 rings (SSSR count). The molecule has 0 radical (unpaired) electrons. The van der Waals surface area contributed by atoms with Crippen molar-refractivity contribution in [3.05, 3.63) is 11.9 Å². The number of carboxylic acid groups (broad SMARTS) is 1. The van der Waals surface area contributed by atoms with Gasteiger partial charge in [-0.05, 0) is 31.1 Å². The second-order valence-electron chi connectivity index (χ2n) is 6.34. The summed E-state index contributed by atoms with van der Waals surface area (Å²) in [5.74, 6) is -0.963. The Morgan fingerprint density at radius 1 is 1.58 bits per heavy atom. The molecule has 2 atom stereocenters. The van der Waals surface area contributed by atoms with Gasteiger partial charge in [0, 0.05) is 12.5 Å². The molecule has 2 unspecified atom stereocenters. The summed E-state index contributed by atoms with van der Waals surface area (Å²) < 4.78 is 1.88. The minimum absolute atomic E-state index is 0.0304. The largest absolute Gasteiger partial charge is 0.481 e. The molecule has 19 heavy (non-hydrogen) atoms. The minimum atomic E-state index is -0.690. The highest BCUT2D eigenvalue weighted by atomic mass is 16.4. The number of carboxylic acids is 1. The van der Waals surface area contributed by atoms with Gasteiger partial charge in [0.15, 0.2) is 0 Å². The van der Waals surface area contributed by atoms with E-state index in [-0.39, 0.29) is 17.3 Å². The van der Waals surface area contributed by atoms with Crippen LogP contribution >= 0.6 is 0 Å². The summed E-state index contributed by atoms with van der Waals surface area (Å²) in [6.07, 6.45) is 5.32. The van der Waals surface area contributed by atoms with E-state index in [4.69, 9.17) is 0 Å². The van der Waals surface area contributed by atoms with Crippen LogP contribution in [0.4, 0.5) is 0 Å². The Hall–Kier alpha value is -1.39. The smallest absolute Gasteiger partial charge is 0.307 e. The van der Waals surface area contributed by atoms with Gasteiger partial charge in [-0.1, -0.05) is 26.0 Å². The third-order valence-corrected chi connectivity index (χ3v) is 4.17. The summed E-state index contributed by atoms with van der Waals surface area (Å²) in [5, 5.41) is 17.5. The predicted octanol–water partition coefficient (Wildman–Crippen LogP) is 2.68. The van der Waals surface area contributed by atoms with E-state index in [0.29, 0.717) is 0 Å². The molecule has 1 aliphatic carbocycles. The van der Waals surface area contributed by atoms with Crippen LogP contribution in [0.1, 0.15) is 58.1 Å². The van der Waals surface area contributed by atoms with Crippen LogP contribution in [0.25, 0.3) is 0 Å². The van der Waals surface area contributed by atoms with E-state index in [2.05, 4.69) is 31.1 Å². The summed E-state index contributed by atoms with van der Waals surface area (Å²) in [6.45, 7) is 7.32. The lowest BCUT2D eigenvalue weighted by Gasteiger charge is -2.38. The zero-order chi connectivity index (χ0) is 14.0.